The van der Waals surface area contributed by atoms with Gasteiger partial charge in [0.2, 0.25) is 0 Å². The summed E-state index contributed by atoms with van der Waals surface area (Å²) in [6.45, 7) is 5.26. The molecular weight excluding hydrogens is 242 g/mol. The molecule has 0 bridgehead atoms. The fourth-order valence-corrected chi connectivity index (χ4v) is 0.935. The molecule has 1 unspecified atom stereocenters. The topological polar surface area (TPSA) is 100 Å². The highest BCUT2D eigenvalue weighted by molar-refractivity contribution is 5.81. The molecule has 7 heteroatoms. The molecule has 7 nitrogen and oxygen atoms in total. The Morgan fingerprint density at radius 3 is 2.28 bits per heavy atom. The molecule has 0 rings (SSSR count). The molecule has 0 aromatic carbocycles. The number of hydrogen-bond donors (Lipinski definition) is 2. The number of esters is 1. The number of rotatable bonds is 12. The van der Waals surface area contributed by atoms with Crippen LogP contribution in [0.15, 0.2) is 12.7 Å². The predicted molar refractivity (Wildman–Crippen MR) is 63.8 cm³/mol. The first-order valence-electron chi connectivity index (χ1n) is 5.63. The third-order valence-electron chi connectivity index (χ3n) is 1.70. The normalized spacial score (nSPS) is 12.1. The van der Waals surface area contributed by atoms with Crippen LogP contribution in [0.25, 0.3) is 0 Å². The number of aliphatic hydroxyl groups is 1. The van der Waals surface area contributed by atoms with E-state index in [-0.39, 0.29) is 13.2 Å². The third-order valence-corrected chi connectivity index (χ3v) is 1.70. The molecule has 3 N–H and O–H groups in total. The lowest BCUT2D eigenvalue weighted by molar-refractivity contribution is -0.146. The highest BCUT2D eigenvalue weighted by Gasteiger charge is 2.06. The third kappa shape index (κ3) is 11.5. The summed E-state index contributed by atoms with van der Waals surface area (Å²) in [5.74, 6) is -0.580. The summed E-state index contributed by atoms with van der Waals surface area (Å²) in [7, 11) is 0. The van der Waals surface area contributed by atoms with E-state index in [2.05, 4.69) is 11.3 Å². The van der Waals surface area contributed by atoms with Crippen LogP contribution in [0.3, 0.4) is 0 Å². The number of carbonyl (C=O) groups excluding carboxylic acids is 1. The van der Waals surface area contributed by atoms with Crippen molar-refractivity contribution in [1.29, 1.82) is 0 Å². The zero-order valence-corrected chi connectivity index (χ0v) is 10.4. The first kappa shape index (κ1) is 17.0. The minimum absolute atomic E-state index is 0.00439. The van der Waals surface area contributed by atoms with E-state index in [0.29, 0.717) is 33.0 Å². The summed E-state index contributed by atoms with van der Waals surface area (Å²) in [5.41, 5.74) is 5.45. The van der Waals surface area contributed by atoms with E-state index in [1.807, 2.05) is 0 Å². The largest absolute Gasteiger partial charge is 0.441 e. The van der Waals surface area contributed by atoms with E-state index in [1.165, 1.54) is 0 Å². The lowest BCUT2D eigenvalue weighted by Crippen LogP contribution is -2.32. The molecule has 0 fully saturated rings. The van der Waals surface area contributed by atoms with Gasteiger partial charge in [0, 0.05) is 6.08 Å². The number of aliphatic hydroxyl groups excluding tert-OH is 1. The predicted octanol–water partition coefficient (Wildman–Crippen LogP) is -0.957. The van der Waals surface area contributed by atoms with Crippen LogP contribution in [0, 0.1) is 0 Å². The van der Waals surface area contributed by atoms with E-state index >= 15 is 0 Å². The highest BCUT2D eigenvalue weighted by Crippen LogP contribution is 1.88. The summed E-state index contributed by atoms with van der Waals surface area (Å²) in [6, 6.07) is 0. The fourth-order valence-electron chi connectivity index (χ4n) is 0.935. The van der Waals surface area contributed by atoms with Gasteiger partial charge < -0.3 is 24.1 Å². The van der Waals surface area contributed by atoms with Crippen LogP contribution < -0.4 is 5.73 Å². The number of nitrogens with two attached hydrogens (primary N) is 1. The van der Waals surface area contributed by atoms with Gasteiger partial charge in [-0.3, -0.25) is 5.73 Å². The molecule has 0 spiro atoms. The van der Waals surface area contributed by atoms with Crippen LogP contribution in [0.2, 0.25) is 0 Å². The Kier molecular flexibility index (Phi) is 11.8. The van der Waals surface area contributed by atoms with Crippen LogP contribution >= 0.6 is 0 Å². The number of hydrogen-bond acceptors (Lipinski definition) is 7. The van der Waals surface area contributed by atoms with Crippen molar-refractivity contribution in [3.63, 3.8) is 0 Å². The van der Waals surface area contributed by atoms with Gasteiger partial charge in [-0.25, -0.2) is 4.79 Å². The summed E-state index contributed by atoms with van der Waals surface area (Å²) >= 11 is 0. The summed E-state index contributed by atoms with van der Waals surface area (Å²) < 4.78 is 20.0. The van der Waals surface area contributed by atoms with Gasteiger partial charge in [0.15, 0.2) is 6.23 Å². The Hall–Kier alpha value is -0.990. The van der Waals surface area contributed by atoms with E-state index in [9.17, 15) is 4.79 Å². The molecule has 0 aliphatic rings. The Bertz CT molecular complexity index is 224. The maximum absolute atomic E-state index is 10.8. The first-order valence-corrected chi connectivity index (χ1v) is 5.63. The quantitative estimate of drug-likeness (QED) is 0.202. The van der Waals surface area contributed by atoms with Gasteiger partial charge in [-0.2, -0.15) is 0 Å². The van der Waals surface area contributed by atoms with Crippen molar-refractivity contribution < 1.29 is 28.8 Å². The lowest BCUT2D eigenvalue weighted by atomic mass is 10.6. The van der Waals surface area contributed by atoms with Crippen LogP contribution in [0.5, 0.6) is 0 Å². The maximum Gasteiger partial charge on any atom is 0.331 e. The molecule has 0 radical (unpaired) electrons. The van der Waals surface area contributed by atoms with E-state index < -0.39 is 12.2 Å². The van der Waals surface area contributed by atoms with Gasteiger partial charge in [0.05, 0.1) is 46.2 Å². The molecule has 1 atom stereocenters. The average Bonchev–Trinajstić information content (AvgIpc) is 2.36. The Balaban J connectivity index is 3.19. The first-order chi connectivity index (χ1) is 8.70. The second kappa shape index (κ2) is 12.5. The van der Waals surface area contributed by atoms with Gasteiger partial charge in [-0.15, -0.1) is 0 Å². The Morgan fingerprint density at radius 1 is 1.17 bits per heavy atom. The number of ether oxygens (including phenoxy) is 4. The molecule has 106 valence electrons. The van der Waals surface area contributed by atoms with Gasteiger partial charge in [-0.1, -0.05) is 6.58 Å². The number of carbonyl (C=O) groups is 1. The molecular formula is C11H21NO6. The molecule has 0 aromatic rings. The molecule has 0 saturated heterocycles. The summed E-state index contributed by atoms with van der Waals surface area (Å²) in [6.07, 6.45) is 0.235. The van der Waals surface area contributed by atoms with Gasteiger partial charge >= 0.3 is 5.97 Å². The van der Waals surface area contributed by atoms with Crippen molar-refractivity contribution in [2.75, 3.05) is 46.2 Å². The minimum atomic E-state index is -0.802. The Morgan fingerprint density at radius 2 is 1.72 bits per heavy atom. The van der Waals surface area contributed by atoms with Crippen molar-refractivity contribution in [3.05, 3.63) is 12.7 Å². The molecule has 0 aliphatic carbocycles. The molecule has 18 heavy (non-hydrogen) atoms. The van der Waals surface area contributed by atoms with Crippen molar-refractivity contribution >= 4 is 5.97 Å². The molecule has 0 heterocycles. The van der Waals surface area contributed by atoms with Crippen molar-refractivity contribution in [2.45, 2.75) is 6.23 Å². The van der Waals surface area contributed by atoms with Crippen molar-refractivity contribution in [3.8, 4) is 0 Å². The molecule has 0 saturated carbocycles. The van der Waals surface area contributed by atoms with Crippen molar-refractivity contribution in [1.82, 2.24) is 0 Å². The molecule has 0 aliphatic heterocycles. The second-order valence-corrected chi connectivity index (χ2v) is 3.20. The highest BCUT2D eigenvalue weighted by atomic mass is 16.6. The average molecular weight is 263 g/mol. The fraction of sp³-hybridized carbons (Fsp3) is 0.727. The van der Waals surface area contributed by atoms with Crippen LogP contribution in [-0.2, 0) is 23.7 Å². The zero-order valence-electron chi connectivity index (χ0n) is 10.4. The second-order valence-electron chi connectivity index (χ2n) is 3.20. The molecule has 0 aromatic heterocycles. The monoisotopic (exact) mass is 263 g/mol. The van der Waals surface area contributed by atoms with Gasteiger partial charge in [-0.05, 0) is 0 Å². The minimum Gasteiger partial charge on any atom is -0.441 e. The van der Waals surface area contributed by atoms with Gasteiger partial charge in [0.1, 0.15) is 0 Å². The zero-order chi connectivity index (χ0) is 13.6. The van der Waals surface area contributed by atoms with E-state index in [1.54, 1.807) is 0 Å². The lowest BCUT2D eigenvalue weighted by Gasteiger charge is -2.12. The summed E-state index contributed by atoms with van der Waals surface area (Å²) in [5, 5.41) is 8.43. The van der Waals surface area contributed by atoms with E-state index in [4.69, 9.17) is 25.1 Å². The van der Waals surface area contributed by atoms with Gasteiger partial charge in [0.25, 0.3) is 0 Å². The van der Waals surface area contributed by atoms with Crippen LogP contribution in [0.1, 0.15) is 0 Å². The van der Waals surface area contributed by atoms with Crippen LogP contribution in [-0.4, -0.2) is 63.6 Å². The maximum atomic E-state index is 10.8. The SMILES string of the molecule is C=CC(=O)OC(N)COCCOCCOCCO. The smallest absolute Gasteiger partial charge is 0.331 e. The van der Waals surface area contributed by atoms with E-state index in [0.717, 1.165) is 6.08 Å². The van der Waals surface area contributed by atoms with Crippen LogP contribution in [0.4, 0.5) is 0 Å². The van der Waals surface area contributed by atoms with Crippen molar-refractivity contribution in [2.24, 2.45) is 5.73 Å². The summed E-state index contributed by atoms with van der Waals surface area (Å²) in [4.78, 5) is 10.8. The molecule has 0 amide bonds. The Labute approximate surface area is 106 Å². The standard InChI is InChI=1S/C11H21NO6/c1-2-11(14)18-10(12)9-17-8-7-16-6-5-15-4-3-13/h2,10,13H,1,3-9,12H2.